The van der Waals surface area contributed by atoms with Crippen LogP contribution in [0, 0.1) is 0 Å². The molecule has 0 saturated heterocycles. The van der Waals surface area contributed by atoms with Gasteiger partial charge in [0.2, 0.25) is 0 Å². The van der Waals surface area contributed by atoms with E-state index in [1.165, 1.54) is 38.5 Å². The van der Waals surface area contributed by atoms with Crippen LogP contribution in [0.25, 0.3) is 0 Å². The highest BCUT2D eigenvalue weighted by Crippen LogP contribution is 2.21. The number of nitrogens with two attached hydrogens (primary N) is 1. The van der Waals surface area contributed by atoms with Gasteiger partial charge in [-0.25, -0.2) is 0 Å². The first kappa shape index (κ1) is 13.3. The summed E-state index contributed by atoms with van der Waals surface area (Å²) in [5.74, 6) is 0.331. The highest BCUT2D eigenvalue weighted by molar-refractivity contribution is 5.81. The van der Waals surface area contributed by atoms with Gasteiger partial charge in [-0.15, -0.1) is 0 Å². The van der Waals surface area contributed by atoms with Crippen molar-refractivity contribution in [3.8, 4) is 0 Å². The molecule has 0 aliphatic heterocycles. The van der Waals surface area contributed by atoms with Crippen molar-refractivity contribution < 1.29 is 5.21 Å². The summed E-state index contributed by atoms with van der Waals surface area (Å²) >= 11 is 0. The Balaban J connectivity index is 2.52. The van der Waals surface area contributed by atoms with Crippen molar-refractivity contribution >= 4 is 5.84 Å². The van der Waals surface area contributed by atoms with E-state index in [2.05, 4.69) is 17.0 Å². The first-order valence-corrected chi connectivity index (χ1v) is 6.48. The second-order valence-corrected chi connectivity index (χ2v) is 4.71. The molecular formula is C12H25N3O. The average Bonchev–Trinajstić information content (AvgIpc) is 2.56. The summed E-state index contributed by atoms with van der Waals surface area (Å²) in [6.07, 6.45) is 9.01. The number of nitrogens with zero attached hydrogens (tertiary/aromatic N) is 2. The third-order valence-corrected chi connectivity index (χ3v) is 3.35. The van der Waals surface area contributed by atoms with Gasteiger partial charge in [0, 0.05) is 6.04 Å². The van der Waals surface area contributed by atoms with E-state index in [1.54, 1.807) is 0 Å². The normalized spacial score (nSPS) is 20.0. The molecule has 0 bridgehead atoms. The smallest absolute Gasteiger partial charge is 0.153 e. The number of rotatable bonds is 5. The molecule has 94 valence electrons. The molecule has 0 aromatic carbocycles. The SMILES string of the molecule is CCCN(CC(N)=NO)C1CCCCCC1. The third kappa shape index (κ3) is 4.39. The molecule has 1 aliphatic rings. The molecule has 1 fully saturated rings. The zero-order valence-corrected chi connectivity index (χ0v) is 10.4. The summed E-state index contributed by atoms with van der Waals surface area (Å²) in [6.45, 7) is 3.83. The van der Waals surface area contributed by atoms with Crippen LogP contribution < -0.4 is 5.73 Å². The highest BCUT2D eigenvalue weighted by atomic mass is 16.4. The molecule has 0 radical (unpaired) electrons. The lowest BCUT2D eigenvalue weighted by Crippen LogP contribution is -2.41. The Hall–Kier alpha value is -0.770. The molecule has 0 amide bonds. The first-order chi connectivity index (χ1) is 7.77. The Morgan fingerprint density at radius 3 is 2.44 bits per heavy atom. The average molecular weight is 227 g/mol. The van der Waals surface area contributed by atoms with Crippen molar-refractivity contribution in [1.29, 1.82) is 0 Å². The van der Waals surface area contributed by atoms with Gasteiger partial charge in [0.15, 0.2) is 5.84 Å². The summed E-state index contributed by atoms with van der Waals surface area (Å²) in [5, 5.41) is 11.7. The van der Waals surface area contributed by atoms with Crippen LogP contribution in [0.2, 0.25) is 0 Å². The van der Waals surface area contributed by atoms with E-state index >= 15 is 0 Å². The van der Waals surface area contributed by atoms with Gasteiger partial charge in [-0.1, -0.05) is 37.8 Å². The molecule has 1 aliphatic carbocycles. The minimum Gasteiger partial charge on any atom is -0.409 e. The van der Waals surface area contributed by atoms with Gasteiger partial charge in [-0.2, -0.15) is 0 Å². The van der Waals surface area contributed by atoms with E-state index in [0.29, 0.717) is 18.4 Å². The molecular weight excluding hydrogens is 202 g/mol. The molecule has 0 unspecified atom stereocenters. The van der Waals surface area contributed by atoms with E-state index in [-0.39, 0.29) is 0 Å². The van der Waals surface area contributed by atoms with Crippen molar-refractivity contribution in [2.75, 3.05) is 13.1 Å². The second kappa shape index (κ2) is 7.49. The van der Waals surface area contributed by atoms with Crippen LogP contribution in [0.1, 0.15) is 51.9 Å². The molecule has 0 aromatic heterocycles. The Morgan fingerprint density at radius 1 is 1.31 bits per heavy atom. The van der Waals surface area contributed by atoms with Gasteiger partial charge in [0.1, 0.15) is 0 Å². The Bertz CT molecular complexity index is 210. The standard InChI is InChI=1S/C12H25N3O/c1-2-9-15(10-12(13)14-16)11-7-5-3-4-6-8-11/h11,16H,2-10H2,1H3,(H2,13,14). The zero-order valence-electron chi connectivity index (χ0n) is 10.4. The largest absolute Gasteiger partial charge is 0.409 e. The predicted molar refractivity (Wildman–Crippen MR) is 66.8 cm³/mol. The molecule has 0 atom stereocenters. The lowest BCUT2D eigenvalue weighted by Gasteiger charge is -2.30. The molecule has 0 heterocycles. The van der Waals surface area contributed by atoms with Crippen LogP contribution in [0.5, 0.6) is 0 Å². The number of hydrogen-bond acceptors (Lipinski definition) is 3. The minimum atomic E-state index is 0.331. The molecule has 0 spiro atoms. The second-order valence-electron chi connectivity index (χ2n) is 4.71. The van der Waals surface area contributed by atoms with E-state index in [4.69, 9.17) is 10.9 Å². The summed E-state index contributed by atoms with van der Waals surface area (Å²) in [6, 6.07) is 0.628. The molecule has 16 heavy (non-hydrogen) atoms. The highest BCUT2D eigenvalue weighted by Gasteiger charge is 2.20. The molecule has 4 heteroatoms. The van der Waals surface area contributed by atoms with Crippen LogP contribution >= 0.6 is 0 Å². The van der Waals surface area contributed by atoms with Crippen LogP contribution in [-0.4, -0.2) is 35.1 Å². The maximum atomic E-state index is 8.64. The predicted octanol–water partition coefficient (Wildman–Crippen LogP) is 2.17. The summed E-state index contributed by atoms with van der Waals surface area (Å²) in [4.78, 5) is 2.38. The van der Waals surface area contributed by atoms with Gasteiger partial charge >= 0.3 is 0 Å². The summed E-state index contributed by atoms with van der Waals surface area (Å²) in [5.41, 5.74) is 5.61. The maximum Gasteiger partial charge on any atom is 0.153 e. The third-order valence-electron chi connectivity index (χ3n) is 3.35. The van der Waals surface area contributed by atoms with Crippen molar-refractivity contribution in [1.82, 2.24) is 4.90 Å². The van der Waals surface area contributed by atoms with Crippen LogP contribution in [-0.2, 0) is 0 Å². The lowest BCUT2D eigenvalue weighted by atomic mass is 10.1. The summed E-state index contributed by atoms with van der Waals surface area (Å²) in [7, 11) is 0. The topological polar surface area (TPSA) is 61.8 Å². The Kier molecular flexibility index (Phi) is 6.23. The maximum absolute atomic E-state index is 8.64. The number of amidine groups is 1. The number of hydrogen-bond donors (Lipinski definition) is 2. The van der Waals surface area contributed by atoms with Crippen molar-refractivity contribution in [3.63, 3.8) is 0 Å². The fourth-order valence-corrected chi connectivity index (χ4v) is 2.54. The fraction of sp³-hybridized carbons (Fsp3) is 0.917. The Morgan fingerprint density at radius 2 is 1.94 bits per heavy atom. The van der Waals surface area contributed by atoms with Gasteiger partial charge in [0.05, 0.1) is 6.54 Å². The first-order valence-electron chi connectivity index (χ1n) is 6.48. The van der Waals surface area contributed by atoms with E-state index < -0.39 is 0 Å². The lowest BCUT2D eigenvalue weighted by molar-refractivity contribution is 0.201. The van der Waals surface area contributed by atoms with Crippen molar-refractivity contribution in [3.05, 3.63) is 0 Å². The molecule has 4 nitrogen and oxygen atoms in total. The van der Waals surface area contributed by atoms with E-state index in [9.17, 15) is 0 Å². The van der Waals surface area contributed by atoms with E-state index in [0.717, 1.165) is 13.0 Å². The molecule has 0 aromatic rings. The monoisotopic (exact) mass is 227 g/mol. The molecule has 1 saturated carbocycles. The van der Waals surface area contributed by atoms with E-state index in [1.807, 2.05) is 0 Å². The molecule has 1 rings (SSSR count). The van der Waals surface area contributed by atoms with Crippen LogP contribution in [0.3, 0.4) is 0 Å². The van der Waals surface area contributed by atoms with Gasteiger partial charge in [0.25, 0.3) is 0 Å². The minimum absolute atomic E-state index is 0.331. The van der Waals surface area contributed by atoms with Crippen molar-refractivity contribution in [2.24, 2.45) is 10.9 Å². The quantitative estimate of drug-likeness (QED) is 0.249. The van der Waals surface area contributed by atoms with Crippen LogP contribution in [0.15, 0.2) is 5.16 Å². The van der Waals surface area contributed by atoms with Crippen LogP contribution in [0.4, 0.5) is 0 Å². The Labute approximate surface area is 98.5 Å². The fourth-order valence-electron chi connectivity index (χ4n) is 2.54. The number of oxime groups is 1. The van der Waals surface area contributed by atoms with Gasteiger partial charge < -0.3 is 10.9 Å². The molecule has 3 N–H and O–H groups in total. The van der Waals surface area contributed by atoms with Gasteiger partial charge in [-0.3, -0.25) is 4.90 Å². The van der Waals surface area contributed by atoms with Crippen molar-refractivity contribution in [2.45, 2.75) is 57.9 Å². The zero-order chi connectivity index (χ0) is 11.8. The van der Waals surface area contributed by atoms with Gasteiger partial charge in [-0.05, 0) is 25.8 Å². The summed E-state index contributed by atoms with van der Waals surface area (Å²) < 4.78 is 0.